The number of anilines is 1. The minimum atomic E-state index is -3.70. The van der Waals surface area contributed by atoms with Crippen molar-refractivity contribution >= 4 is 35.5 Å². The summed E-state index contributed by atoms with van der Waals surface area (Å²) in [5, 5.41) is 9.75. The summed E-state index contributed by atoms with van der Waals surface area (Å²) in [5.74, 6) is 1.45. The van der Waals surface area contributed by atoms with E-state index in [-0.39, 0.29) is 23.2 Å². The standard InChI is InChI=1S/C18H14F2N4O4S/c1-10-2-4-12(26-10)5-7-15-22-17(24-23-15)29-9-16(25)21-11-3-6-13-14(8-11)28-18(19,20)27-13/h2-8H,9H2,1H3,(H,21,25)(H,22,23,24)/b7-5+. The van der Waals surface area contributed by atoms with Crippen LogP contribution in [0.5, 0.6) is 11.5 Å². The lowest BCUT2D eigenvalue weighted by Crippen LogP contribution is -2.25. The Balaban J connectivity index is 1.29. The van der Waals surface area contributed by atoms with Gasteiger partial charge in [0.1, 0.15) is 17.3 Å². The number of aromatic amines is 1. The maximum absolute atomic E-state index is 13.0. The maximum Gasteiger partial charge on any atom is 0.586 e. The largest absolute Gasteiger partial charge is 0.586 e. The summed E-state index contributed by atoms with van der Waals surface area (Å²) in [6, 6.07) is 7.70. The van der Waals surface area contributed by atoms with E-state index in [1.165, 1.54) is 18.2 Å². The van der Waals surface area contributed by atoms with Crippen LogP contribution in [-0.4, -0.2) is 33.1 Å². The number of nitrogens with zero attached hydrogens (tertiary/aromatic N) is 2. The number of benzene rings is 1. The summed E-state index contributed by atoms with van der Waals surface area (Å²) in [6.07, 6.45) is -0.246. The molecule has 29 heavy (non-hydrogen) atoms. The molecular formula is C18H14F2N4O4S. The topological polar surface area (TPSA) is 102 Å². The smallest absolute Gasteiger partial charge is 0.462 e. The van der Waals surface area contributed by atoms with Gasteiger partial charge in [-0.25, -0.2) is 4.98 Å². The molecule has 1 aliphatic heterocycles. The number of H-pyrrole nitrogens is 1. The second-order valence-electron chi connectivity index (χ2n) is 5.95. The van der Waals surface area contributed by atoms with Crippen LogP contribution in [0.25, 0.3) is 12.2 Å². The molecular weight excluding hydrogens is 406 g/mol. The average molecular weight is 420 g/mol. The Morgan fingerprint density at radius 3 is 2.86 bits per heavy atom. The molecule has 2 aromatic heterocycles. The number of alkyl halides is 2. The van der Waals surface area contributed by atoms with Gasteiger partial charge in [0.05, 0.1) is 5.75 Å². The zero-order valence-electron chi connectivity index (χ0n) is 14.9. The SMILES string of the molecule is Cc1ccc(/C=C/c2nc(SCC(=O)Nc3ccc4c(c3)OC(F)(F)O4)n[nH]2)o1. The first kappa shape index (κ1) is 19.0. The molecule has 1 amide bonds. The highest BCUT2D eigenvalue weighted by atomic mass is 32.2. The second-order valence-corrected chi connectivity index (χ2v) is 6.89. The van der Waals surface area contributed by atoms with Gasteiger partial charge in [-0.05, 0) is 43.3 Å². The Hall–Kier alpha value is -3.34. The highest BCUT2D eigenvalue weighted by molar-refractivity contribution is 7.99. The number of hydrogen-bond donors (Lipinski definition) is 2. The van der Waals surface area contributed by atoms with Gasteiger partial charge in [0.2, 0.25) is 11.1 Å². The highest BCUT2D eigenvalue weighted by Crippen LogP contribution is 2.42. The summed E-state index contributed by atoms with van der Waals surface area (Å²) in [6.45, 7) is 1.85. The van der Waals surface area contributed by atoms with E-state index < -0.39 is 6.29 Å². The van der Waals surface area contributed by atoms with Crippen LogP contribution in [0.3, 0.4) is 0 Å². The Morgan fingerprint density at radius 2 is 2.07 bits per heavy atom. The summed E-state index contributed by atoms with van der Waals surface area (Å²) < 4.78 is 40.1. The molecule has 1 aromatic carbocycles. The molecule has 0 radical (unpaired) electrons. The third-order valence-electron chi connectivity index (χ3n) is 3.67. The van der Waals surface area contributed by atoms with Gasteiger partial charge in [0.15, 0.2) is 11.5 Å². The predicted octanol–water partition coefficient (Wildman–Crippen LogP) is 3.93. The molecule has 0 saturated heterocycles. The van der Waals surface area contributed by atoms with Crippen molar-refractivity contribution in [3.8, 4) is 11.5 Å². The van der Waals surface area contributed by atoms with Gasteiger partial charge in [-0.15, -0.1) is 13.9 Å². The first-order valence-electron chi connectivity index (χ1n) is 8.36. The van der Waals surface area contributed by atoms with Crippen LogP contribution in [-0.2, 0) is 4.79 Å². The number of amides is 1. The molecule has 0 bridgehead atoms. The van der Waals surface area contributed by atoms with E-state index in [9.17, 15) is 13.6 Å². The van der Waals surface area contributed by atoms with Gasteiger partial charge in [-0.3, -0.25) is 9.89 Å². The lowest BCUT2D eigenvalue weighted by atomic mass is 10.3. The van der Waals surface area contributed by atoms with Crippen LogP contribution in [0, 0.1) is 6.92 Å². The van der Waals surface area contributed by atoms with E-state index in [0.29, 0.717) is 22.4 Å². The van der Waals surface area contributed by atoms with Gasteiger partial charge in [0.25, 0.3) is 0 Å². The fourth-order valence-electron chi connectivity index (χ4n) is 2.46. The number of carbonyl (C=O) groups is 1. The number of nitrogens with one attached hydrogen (secondary N) is 2. The zero-order valence-corrected chi connectivity index (χ0v) is 15.8. The van der Waals surface area contributed by atoms with E-state index in [4.69, 9.17) is 4.42 Å². The third kappa shape index (κ3) is 4.74. The van der Waals surface area contributed by atoms with E-state index in [1.807, 2.05) is 19.1 Å². The molecule has 3 heterocycles. The van der Waals surface area contributed by atoms with E-state index >= 15 is 0 Å². The molecule has 1 aliphatic rings. The van der Waals surface area contributed by atoms with Crippen LogP contribution < -0.4 is 14.8 Å². The monoisotopic (exact) mass is 420 g/mol. The molecule has 2 N–H and O–H groups in total. The Bertz CT molecular complexity index is 1080. The number of carbonyl (C=O) groups excluding carboxylic acids is 1. The number of ether oxygens (including phenoxy) is 2. The number of thioether (sulfide) groups is 1. The fourth-order valence-corrected chi connectivity index (χ4v) is 3.06. The molecule has 11 heteroatoms. The number of halogens is 2. The molecule has 3 aromatic rings. The summed E-state index contributed by atoms with van der Waals surface area (Å²) >= 11 is 1.12. The van der Waals surface area contributed by atoms with Gasteiger partial charge < -0.3 is 19.2 Å². The number of rotatable bonds is 6. The average Bonchev–Trinajstić information content (AvgIpc) is 3.35. The quantitative estimate of drug-likeness (QED) is 0.583. The number of hydrogen-bond acceptors (Lipinski definition) is 7. The van der Waals surface area contributed by atoms with Crippen molar-refractivity contribution in [3.63, 3.8) is 0 Å². The normalized spacial score (nSPS) is 14.4. The molecule has 0 saturated carbocycles. The minimum absolute atomic E-state index is 0.0307. The summed E-state index contributed by atoms with van der Waals surface area (Å²) in [5.41, 5.74) is 0.308. The van der Waals surface area contributed by atoms with E-state index in [2.05, 4.69) is 30.0 Å². The molecule has 150 valence electrons. The summed E-state index contributed by atoms with van der Waals surface area (Å²) in [4.78, 5) is 16.3. The first-order valence-corrected chi connectivity index (χ1v) is 9.34. The summed E-state index contributed by atoms with van der Waals surface area (Å²) in [7, 11) is 0. The molecule has 0 atom stereocenters. The van der Waals surface area contributed by atoms with Gasteiger partial charge in [0, 0.05) is 11.8 Å². The number of fused-ring (bicyclic) bond motifs is 1. The van der Waals surface area contributed by atoms with Crippen molar-refractivity contribution in [3.05, 3.63) is 47.7 Å². The van der Waals surface area contributed by atoms with E-state index in [1.54, 1.807) is 12.2 Å². The first-order chi connectivity index (χ1) is 13.9. The molecule has 0 unspecified atom stereocenters. The van der Waals surface area contributed by atoms with Crippen molar-refractivity contribution in [2.24, 2.45) is 0 Å². The molecule has 0 fully saturated rings. The highest BCUT2D eigenvalue weighted by Gasteiger charge is 2.43. The molecule has 0 spiro atoms. The molecule has 0 aliphatic carbocycles. The number of aromatic nitrogens is 3. The van der Waals surface area contributed by atoms with E-state index in [0.717, 1.165) is 17.5 Å². The fraction of sp³-hybridized carbons (Fsp3) is 0.167. The molecule has 4 rings (SSSR count). The number of furan rings is 1. The minimum Gasteiger partial charge on any atom is -0.462 e. The van der Waals surface area contributed by atoms with Crippen LogP contribution >= 0.6 is 11.8 Å². The Kier molecular flexibility index (Phi) is 4.97. The Labute approximate surface area is 167 Å². The lowest BCUT2D eigenvalue weighted by Gasteiger charge is -2.05. The van der Waals surface area contributed by atoms with Crippen molar-refractivity contribution in [1.29, 1.82) is 0 Å². The predicted molar refractivity (Wildman–Crippen MR) is 101 cm³/mol. The number of aryl methyl sites for hydroxylation is 1. The van der Waals surface area contributed by atoms with Crippen LogP contribution in [0.1, 0.15) is 17.3 Å². The third-order valence-corrected chi connectivity index (χ3v) is 4.51. The molecule has 8 nitrogen and oxygen atoms in total. The van der Waals surface area contributed by atoms with Crippen molar-refractivity contribution < 1.29 is 27.5 Å². The van der Waals surface area contributed by atoms with Crippen molar-refractivity contribution in [2.45, 2.75) is 18.4 Å². The van der Waals surface area contributed by atoms with Crippen LogP contribution in [0.4, 0.5) is 14.5 Å². The zero-order chi connectivity index (χ0) is 20.4. The van der Waals surface area contributed by atoms with Crippen LogP contribution in [0.2, 0.25) is 0 Å². The van der Waals surface area contributed by atoms with Crippen molar-refractivity contribution in [1.82, 2.24) is 15.2 Å². The second kappa shape index (κ2) is 7.59. The van der Waals surface area contributed by atoms with Gasteiger partial charge in [-0.1, -0.05) is 11.8 Å². The maximum atomic E-state index is 13.0. The Morgan fingerprint density at radius 1 is 1.24 bits per heavy atom. The lowest BCUT2D eigenvalue weighted by molar-refractivity contribution is -0.286. The van der Waals surface area contributed by atoms with Gasteiger partial charge in [-0.2, -0.15) is 0 Å². The van der Waals surface area contributed by atoms with Gasteiger partial charge >= 0.3 is 6.29 Å². The van der Waals surface area contributed by atoms with Crippen LogP contribution in [0.15, 0.2) is 39.9 Å². The van der Waals surface area contributed by atoms with Crippen molar-refractivity contribution in [2.75, 3.05) is 11.1 Å².